The molecule has 0 aliphatic carbocycles. The minimum atomic E-state index is -0.0689. The van der Waals surface area contributed by atoms with Crippen LogP contribution < -0.4 is 11.1 Å². The standard InChI is InChI=1S/C18H20N4OS.ClH/c19-17-13-9-11(1-2-14(13)21-22-17)15-10-12-3-8-23-18(16(12)24-15)4-6-20-7-5-18;/h1-2,9-10,20H,3-8H2,(H3,19,21,22);1H. The lowest BCUT2D eigenvalue weighted by Crippen LogP contribution is -2.43. The maximum absolute atomic E-state index is 6.29. The molecule has 0 saturated carbocycles. The third-order valence-corrected chi connectivity index (χ3v) is 6.67. The van der Waals surface area contributed by atoms with Crippen LogP contribution in [0.4, 0.5) is 5.82 Å². The predicted octanol–water partition coefficient (Wildman–Crippen LogP) is 3.45. The molecule has 2 aliphatic rings. The fourth-order valence-electron chi connectivity index (χ4n) is 3.95. The Morgan fingerprint density at radius 2 is 2.04 bits per heavy atom. The number of hydrogen-bond donors (Lipinski definition) is 3. The lowest BCUT2D eigenvalue weighted by Gasteiger charge is -2.40. The Labute approximate surface area is 156 Å². The van der Waals surface area contributed by atoms with E-state index >= 15 is 0 Å². The molecule has 4 N–H and O–H groups in total. The molecular weight excluding hydrogens is 356 g/mol. The van der Waals surface area contributed by atoms with E-state index in [0.29, 0.717) is 5.82 Å². The van der Waals surface area contributed by atoms with E-state index in [4.69, 9.17) is 10.5 Å². The molecule has 4 heterocycles. The third kappa shape index (κ3) is 2.64. The summed E-state index contributed by atoms with van der Waals surface area (Å²) < 4.78 is 6.29. The fourth-order valence-corrected chi connectivity index (χ4v) is 5.36. The zero-order valence-electron chi connectivity index (χ0n) is 13.8. The first kappa shape index (κ1) is 16.8. The molecule has 132 valence electrons. The second kappa shape index (κ2) is 6.29. The number of ether oxygens (including phenoxy) is 1. The number of rotatable bonds is 1. The summed E-state index contributed by atoms with van der Waals surface area (Å²) in [6.45, 7) is 2.89. The van der Waals surface area contributed by atoms with Crippen LogP contribution in [-0.2, 0) is 16.8 Å². The molecule has 1 fully saturated rings. The van der Waals surface area contributed by atoms with Crippen molar-refractivity contribution in [3.63, 3.8) is 0 Å². The lowest BCUT2D eigenvalue weighted by atomic mass is 9.86. The first-order chi connectivity index (χ1) is 11.8. The first-order valence-electron chi connectivity index (χ1n) is 8.47. The highest BCUT2D eigenvalue weighted by molar-refractivity contribution is 7.15. The predicted molar refractivity (Wildman–Crippen MR) is 105 cm³/mol. The number of thiophene rings is 1. The van der Waals surface area contributed by atoms with Crippen molar-refractivity contribution >= 4 is 40.5 Å². The van der Waals surface area contributed by atoms with Crippen molar-refractivity contribution in [3.8, 4) is 10.4 Å². The van der Waals surface area contributed by atoms with Crippen molar-refractivity contribution in [1.29, 1.82) is 0 Å². The van der Waals surface area contributed by atoms with E-state index in [1.54, 1.807) is 0 Å². The zero-order valence-corrected chi connectivity index (χ0v) is 15.4. The number of nitrogens with zero attached hydrogens (tertiary/aromatic N) is 1. The number of hydrogen-bond acceptors (Lipinski definition) is 5. The molecule has 1 saturated heterocycles. The molecule has 0 amide bonds. The zero-order chi connectivity index (χ0) is 16.1. The van der Waals surface area contributed by atoms with Gasteiger partial charge in [0.15, 0.2) is 5.82 Å². The van der Waals surface area contributed by atoms with Gasteiger partial charge in [-0.05, 0) is 61.7 Å². The number of fused-ring (bicyclic) bond motifs is 3. The highest BCUT2D eigenvalue weighted by atomic mass is 35.5. The monoisotopic (exact) mass is 376 g/mol. The van der Waals surface area contributed by atoms with Gasteiger partial charge in [0.2, 0.25) is 0 Å². The molecule has 2 aromatic heterocycles. The average Bonchev–Trinajstić information content (AvgIpc) is 3.21. The van der Waals surface area contributed by atoms with Gasteiger partial charge in [-0.2, -0.15) is 5.10 Å². The molecule has 7 heteroatoms. The van der Waals surface area contributed by atoms with Gasteiger partial charge in [-0.3, -0.25) is 5.10 Å². The third-order valence-electron chi connectivity index (χ3n) is 5.26. The van der Waals surface area contributed by atoms with Gasteiger partial charge in [-0.25, -0.2) is 0 Å². The molecule has 0 bridgehead atoms. The van der Waals surface area contributed by atoms with Crippen LogP contribution in [0.25, 0.3) is 21.3 Å². The second-order valence-corrected chi connectivity index (χ2v) is 7.73. The Balaban J connectivity index is 0.00000157. The van der Waals surface area contributed by atoms with Gasteiger partial charge in [0.05, 0.1) is 12.1 Å². The molecule has 0 atom stereocenters. The minimum Gasteiger partial charge on any atom is -0.382 e. The molecule has 25 heavy (non-hydrogen) atoms. The average molecular weight is 377 g/mol. The van der Waals surface area contributed by atoms with Crippen LogP contribution in [0, 0.1) is 0 Å². The molecular formula is C18H21ClN4OS. The SMILES string of the molecule is Cl.Nc1n[nH]c2ccc(-c3cc4c(s3)C3(CCNCC3)OCC4)cc12. The van der Waals surface area contributed by atoms with E-state index in [2.05, 4.69) is 39.8 Å². The number of piperidine rings is 1. The highest BCUT2D eigenvalue weighted by Crippen LogP contribution is 2.46. The van der Waals surface area contributed by atoms with Crippen LogP contribution in [0.1, 0.15) is 23.3 Å². The Morgan fingerprint density at radius 3 is 2.88 bits per heavy atom. The van der Waals surface area contributed by atoms with E-state index in [-0.39, 0.29) is 18.0 Å². The van der Waals surface area contributed by atoms with Gasteiger partial charge in [0.25, 0.3) is 0 Å². The Kier molecular flexibility index (Phi) is 4.24. The Morgan fingerprint density at radius 1 is 1.20 bits per heavy atom. The molecule has 2 aliphatic heterocycles. The number of aromatic amines is 1. The molecule has 5 nitrogen and oxygen atoms in total. The quantitative estimate of drug-likeness (QED) is 0.608. The Bertz CT molecular complexity index is 913. The lowest BCUT2D eigenvalue weighted by molar-refractivity contribution is -0.0771. The smallest absolute Gasteiger partial charge is 0.153 e. The largest absolute Gasteiger partial charge is 0.382 e. The van der Waals surface area contributed by atoms with Crippen molar-refractivity contribution < 1.29 is 4.74 Å². The number of aromatic nitrogens is 2. The number of nitrogen functional groups attached to an aromatic ring is 1. The van der Waals surface area contributed by atoms with Gasteiger partial charge in [0.1, 0.15) is 5.60 Å². The van der Waals surface area contributed by atoms with Crippen LogP contribution in [0.5, 0.6) is 0 Å². The molecule has 3 aromatic rings. The van der Waals surface area contributed by atoms with Gasteiger partial charge < -0.3 is 15.8 Å². The van der Waals surface area contributed by atoms with E-state index < -0.39 is 0 Å². The number of anilines is 1. The summed E-state index contributed by atoms with van der Waals surface area (Å²) in [6.07, 6.45) is 3.14. The van der Waals surface area contributed by atoms with Gasteiger partial charge in [-0.15, -0.1) is 23.7 Å². The van der Waals surface area contributed by atoms with E-state index in [1.165, 1.54) is 20.9 Å². The van der Waals surface area contributed by atoms with Crippen molar-refractivity contribution in [3.05, 3.63) is 34.7 Å². The molecule has 5 rings (SSSR count). The number of halogens is 1. The molecule has 0 radical (unpaired) electrons. The topological polar surface area (TPSA) is 76.0 Å². The maximum atomic E-state index is 6.29. The number of nitrogens with one attached hydrogen (secondary N) is 2. The van der Waals surface area contributed by atoms with Crippen molar-refractivity contribution in [2.45, 2.75) is 24.9 Å². The summed E-state index contributed by atoms with van der Waals surface area (Å²) in [6, 6.07) is 8.70. The van der Waals surface area contributed by atoms with Gasteiger partial charge in [-0.1, -0.05) is 6.07 Å². The second-order valence-electron chi connectivity index (χ2n) is 6.68. The van der Waals surface area contributed by atoms with Crippen LogP contribution in [0.3, 0.4) is 0 Å². The summed E-state index contributed by atoms with van der Waals surface area (Å²) in [4.78, 5) is 2.73. The van der Waals surface area contributed by atoms with Crippen LogP contribution in [0.15, 0.2) is 24.3 Å². The number of nitrogens with two attached hydrogens (primary N) is 1. The summed E-state index contributed by atoms with van der Waals surface area (Å²) in [7, 11) is 0. The summed E-state index contributed by atoms with van der Waals surface area (Å²) in [5.74, 6) is 0.561. The minimum absolute atomic E-state index is 0. The van der Waals surface area contributed by atoms with Gasteiger partial charge in [0, 0.05) is 15.1 Å². The van der Waals surface area contributed by atoms with Crippen LogP contribution in [0.2, 0.25) is 0 Å². The number of benzene rings is 1. The van der Waals surface area contributed by atoms with Crippen molar-refractivity contribution in [2.75, 3.05) is 25.4 Å². The van der Waals surface area contributed by atoms with E-state index in [1.807, 2.05) is 11.3 Å². The van der Waals surface area contributed by atoms with Crippen LogP contribution >= 0.6 is 23.7 Å². The molecule has 1 spiro atoms. The highest BCUT2D eigenvalue weighted by Gasteiger charge is 2.40. The van der Waals surface area contributed by atoms with Crippen molar-refractivity contribution in [2.24, 2.45) is 0 Å². The van der Waals surface area contributed by atoms with Crippen molar-refractivity contribution in [1.82, 2.24) is 15.5 Å². The summed E-state index contributed by atoms with van der Waals surface area (Å²) in [5.41, 5.74) is 9.55. The van der Waals surface area contributed by atoms with Crippen LogP contribution in [-0.4, -0.2) is 29.9 Å². The normalized spacial score (nSPS) is 18.9. The van der Waals surface area contributed by atoms with E-state index in [9.17, 15) is 0 Å². The first-order valence-corrected chi connectivity index (χ1v) is 9.29. The van der Waals surface area contributed by atoms with E-state index in [0.717, 1.165) is 49.9 Å². The fraction of sp³-hybridized carbons (Fsp3) is 0.389. The molecule has 1 aromatic carbocycles. The summed E-state index contributed by atoms with van der Waals surface area (Å²) in [5, 5.41) is 11.5. The number of H-pyrrole nitrogens is 1. The van der Waals surface area contributed by atoms with Gasteiger partial charge >= 0.3 is 0 Å². The Hall–Kier alpha value is -1.60. The summed E-state index contributed by atoms with van der Waals surface area (Å²) >= 11 is 1.89. The maximum Gasteiger partial charge on any atom is 0.153 e. The molecule has 0 unspecified atom stereocenters.